The lowest BCUT2D eigenvalue weighted by atomic mass is 10.2. The van der Waals surface area contributed by atoms with Gasteiger partial charge in [-0.15, -0.1) is 0 Å². The molecule has 0 spiro atoms. The van der Waals surface area contributed by atoms with Crippen molar-refractivity contribution in [2.24, 2.45) is 5.10 Å². The number of benzene rings is 3. The average molecular weight is 536 g/mol. The number of ether oxygens (including phenoxy) is 3. The van der Waals surface area contributed by atoms with Gasteiger partial charge in [-0.3, -0.25) is 4.79 Å². The lowest BCUT2D eigenvalue weighted by Gasteiger charge is -2.13. The number of rotatable bonds is 9. The van der Waals surface area contributed by atoms with Crippen molar-refractivity contribution in [3.8, 4) is 17.2 Å². The summed E-state index contributed by atoms with van der Waals surface area (Å²) in [5, 5.41) is 5.04. The fourth-order valence-electron chi connectivity index (χ4n) is 2.83. The number of hydrogen-bond acceptors (Lipinski definition) is 6. The lowest BCUT2D eigenvalue weighted by molar-refractivity contribution is -0.127. The number of nitrogens with zero attached hydrogens (tertiary/aromatic N) is 1. The molecule has 0 aliphatic rings. The number of nitrogens with one attached hydrogen (secondary N) is 1. The molecule has 0 unspecified atom stereocenters. The molecule has 0 fully saturated rings. The Morgan fingerprint density at radius 2 is 1.77 bits per heavy atom. The van der Waals surface area contributed by atoms with Gasteiger partial charge in [-0.1, -0.05) is 40.9 Å². The minimum Gasteiger partial charge on any atom is -0.490 e. The molecule has 0 saturated carbocycles. The topological polar surface area (TPSA) is 86.2 Å². The Labute approximate surface area is 217 Å². The van der Waals surface area contributed by atoms with E-state index in [0.29, 0.717) is 33.7 Å². The fourth-order valence-corrected chi connectivity index (χ4v) is 3.49. The Kier molecular flexibility index (Phi) is 9.37. The van der Waals surface area contributed by atoms with Crippen LogP contribution in [0.15, 0.2) is 65.8 Å². The highest BCUT2D eigenvalue weighted by atomic mass is 35.5. The molecule has 1 amide bonds. The van der Waals surface area contributed by atoms with Gasteiger partial charge in [-0.25, -0.2) is 10.2 Å². The first-order chi connectivity index (χ1) is 16.8. The molecule has 3 rings (SSSR count). The molecule has 3 aromatic carbocycles. The quantitative estimate of drug-likeness (QED) is 0.153. The van der Waals surface area contributed by atoms with Gasteiger partial charge in [0.15, 0.2) is 17.6 Å². The Morgan fingerprint density at radius 1 is 1.00 bits per heavy atom. The van der Waals surface area contributed by atoms with Crippen LogP contribution in [0, 0.1) is 0 Å². The maximum absolute atomic E-state index is 12.5. The van der Waals surface area contributed by atoms with E-state index in [2.05, 4.69) is 10.5 Å². The summed E-state index contributed by atoms with van der Waals surface area (Å²) in [6.45, 7) is 3.72. The number of esters is 1. The van der Waals surface area contributed by atoms with Crippen LogP contribution in [0.2, 0.25) is 15.1 Å². The van der Waals surface area contributed by atoms with Crippen LogP contribution >= 0.6 is 34.8 Å². The molecule has 1 atom stereocenters. The number of carbonyl (C=O) groups is 2. The molecule has 3 aromatic rings. The van der Waals surface area contributed by atoms with E-state index in [9.17, 15) is 9.59 Å². The standard InChI is InChI=1S/C25H21Cl3N2O5/c1-3-33-23-11-16(7-10-22(23)35-25(32)20-9-8-18(27)13-21(20)28)14-29-30-24(31)15(2)34-19-6-4-5-17(26)12-19/h4-15H,3H2,1-2H3,(H,30,31)/b29-14-/t15-/m0/s1. The van der Waals surface area contributed by atoms with Gasteiger partial charge in [0.25, 0.3) is 5.91 Å². The van der Waals surface area contributed by atoms with Gasteiger partial charge in [-0.05, 0) is 74.0 Å². The highest BCUT2D eigenvalue weighted by molar-refractivity contribution is 6.36. The first-order valence-corrected chi connectivity index (χ1v) is 11.6. The van der Waals surface area contributed by atoms with Gasteiger partial charge in [0, 0.05) is 10.0 Å². The van der Waals surface area contributed by atoms with Crippen molar-refractivity contribution in [2.75, 3.05) is 6.61 Å². The number of halogens is 3. The van der Waals surface area contributed by atoms with Crippen LogP contribution in [-0.4, -0.2) is 30.8 Å². The van der Waals surface area contributed by atoms with E-state index in [4.69, 9.17) is 49.0 Å². The highest BCUT2D eigenvalue weighted by Gasteiger charge is 2.17. The molecule has 0 aliphatic heterocycles. The zero-order valence-corrected chi connectivity index (χ0v) is 21.0. The second kappa shape index (κ2) is 12.4. The second-order valence-corrected chi connectivity index (χ2v) is 8.38. The summed E-state index contributed by atoms with van der Waals surface area (Å²) in [5.74, 6) is -0.117. The summed E-state index contributed by atoms with van der Waals surface area (Å²) in [6, 6.07) is 16.0. The molecule has 0 aliphatic carbocycles. The van der Waals surface area contributed by atoms with Crippen molar-refractivity contribution < 1.29 is 23.8 Å². The number of hydrogen-bond donors (Lipinski definition) is 1. The predicted octanol–water partition coefficient (Wildman–Crippen LogP) is 6.18. The Balaban J connectivity index is 1.65. The molecule has 0 heterocycles. The molecular weight excluding hydrogens is 515 g/mol. The first-order valence-electron chi connectivity index (χ1n) is 10.5. The maximum Gasteiger partial charge on any atom is 0.345 e. The summed E-state index contributed by atoms with van der Waals surface area (Å²) in [4.78, 5) is 24.8. The van der Waals surface area contributed by atoms with Crippen molar-refractivity contribution in [3.63, 3.8) is 0 Å². The van der Waals surface area contributed by atoms with Crippen molar-refractivity contribution in [1.82, 2.24) is 5.43 Å². The van der Waals surface area contributed by atoms with Crippen LogP contribution in [0.25, 0.3) is 0 Å². The fraction of sp³-hybridized carbons (Fsp3) is 0.160. The molecule has 1 N–H and O–H groups in total. The lowest BCUT2D eigenvalue weighted by Crippen LogP contribution is -2.33. The number of amides is 1. The van der Waals surface area contributed by atoms with Crippen molar-refractivity contribution >= 4 is 52.9 Å². The van der Waals surface area contributed by atoms with E-state index in [0.717, 1.165) is 0 Å². The molecule has 0 aromatic heterocycles. The molecule has 10 heteroatoms. The predicted molar refractivity (Wildman–Crippen MR) is 136 cm³/mol. The van der Waals surface area contributed by atoms with Crippen molar-refractivity contribution in [3.05, 3.63) is 86.9 Å². The summed E-state index contributed by atoms with van der Waals surface area (Å²) >= 11 is 17.9. The zero-order chi connectivity index (χ0) is 25.4. The van der Waals surface area contributed by atoms with Gasteiger partial charge in [0.1, 0.15) is 5.75 Å². The van der Waals surface area contributed by atoms with E-state index < -0.39 is 18.0 Å². The van der Waals surface area contributed by atoms with Gasteiger partial charge < -0.3 is 14.2 Å². The average Bonchev–Trinajstić information content (AvgIpc) is 2.80. The van der Waals surface area contributed by atoms with Gasteiger partial charge in [-0.2, -0.15) is 5.10 Å². The molecule has 0 radical (unpaired) electrons. The third-order valence-electron chi connectivity index (χ3n) is 4.49. The largest absolute Gasteiger partial charge is 0.490 e. The summed E-state index contributed by atoms with van der Waals surface area (Å²) < 4.78 is 16.6. The molecule has 7 nitrogen and oxygen atoms in total. The minimum atomic E-state index is -0.800. The van der Waals surface area contributed by atoms with E-state index >= 15 is 0 Å². The van der Waals surface area contributed by atoms with Crippen LogP contribution in [-0.2, 0) is 4.79 Å². The van der Waals surface area contributed by atoms with Crippen LogP contribution in [0.1, 0.15) is 29.8 Å². The Hall–Kier alpha value is -3.26. The van der Waals surface area contributed by atoms with E-state index in [1.54, 1.807) is 62.4 Å². The van der Waals surface area contributed by atoms with E-state index in [1.165, 1.54) is 18.3 Å². The summed E-state index contributed by atoms with van der Waals surface area (Å²) in [6.07, 6.45) is 0.625. The number of hydrazone groups is 1. The van der Waals surface area contributed by atoms with Crippen molar-refractivity contribution in [1.29, 1.82) is 0 Å². The van der Waals surface area contributed by atoms with Crippen LogP contribution in [0.3, 0.4) is 0 Å². The summed E-state index contributed by atoms with van der Waals surface area (Å²) in [5.41, 5.74) is 3.18. The van der Waals surface area contributed by atoms with Gasteiger partial charge in [0.05, 0.1) is 23.4 Å². The Bertz CT molecular complexity index is 1250. The molecule has 0 saturated heterocycles. The van der Waals surface area contributed by atoms with E-state index in [1.807, 2.05) is 0 Å². The van der Waals surface area contributed by atoms with Crippen LogP contribution in [0.4, 0.5) is 0 Å². The monoisotopic (exact) mass is 534 g/mol. The second-order valence-electron chi connectivity index (χ2n) is 7.10. The Morgan fingerprint density at radius 3 is 2.49 bits per heavy atom. The first kappa shape index (κ1) is 26.3. The third-order valence-corrected chi connectivity index (χ3v) is 5.27. The normalized spacial score (nSPS) is 11.7. The van der Waals surface area contributed by atoms with Gasteiger partial charge in [0.2, 0.25) is 0 Å². The molecule has 182 valence electrons. The van der Waals surface area contributed by atoms with Crippen LogP contribution in [0.5, 0.6) is 17.2 Å². The highest BCUT2D eigenvalue weighted by Crippen LogP contribution is 2.30. The molecular formula is C25H21Cl3N2O5. The van der Waals surface area contributed by atoms with Crippen LogP contribution < -0.4 is 19.6 Å². The number of carbonyl (C=O) groups excluding carboxylic acids is 2. The van der Waals surface area contributed by atoms with Crippen molar-refractivity contribution in [2.45, 2.75) is 20.0 Å². The minimum absolute atomic E-state index is 0.168. The molecule has 35 heavy (non-hydrogen) atoms. The third kappa shape index (κ3) is 7.62. The maximum atomic E-state index is 12.5. The van der Waals surface area contributed by atoms with E-state index in [-0.39, 0.29) is 16.3 Å². The van der Waals surface area contributed by atoms with Gasteiger partial charge >= 0.3 is 5.97 Å². The molecule has 0 bridgehead atoms. The SMILES string of the molecule is CCOc1cc(/C=N\NC(=O)[C@H](C)Oc2cccc(Cl)c2)ccc1OC(=O)c1ccc(Cl)cc1Cl. The summed E-state index contributed by atoms with van der Waals surface area (Å²) in [7, 11) is 0. The zero-order valence-electron chi connectivity index (χ0n) is 18.8. The smallest absolute Gasteiger partial charge is 0.345 e.